The number of rotatable bonds is 21. The van der Waals surface area contributed by atoms with E-state index in [0.29, 0.717) is 54.7 Å². The van der Waals surface area contributed by atoms with E-state index in [1.54, 1.807) is 29.5 Å². The van der Waals surface area contributed by atoms with Crippen LogP contribution in [0.25, 0.3) is 21.7 Å². The molecule has 4 atom stereocenters. The lowest BCUT2D eigenvalue weighted by Gasteiger charge is -2.40. The average Bonchev–Trinajstić information content (AvgIpc) is 4.17. The third kappa shape index (κ3) is 12.2. The molecule has 3 fully saturated rings. The van der Waals surface area contributed by atoms with Gasteiger partial charge in [0.25, 0.3) is 5.88 Å². The fourth-order valence-electron chi connectivity index (χ4n) is 9.98. The zero-order chi connectivity index (χ0) is 48.5. The van der Waals surface area contributed by atoms with Gasteiger partial charge in [-0.3, -0.25) is 9.59 Å². The maximum absolute atomic E-state index is 14.1. The van der Waals surface area contributed by atoms with Gasteiger partial charge in [-0.2, -0.15) is 0 Å². The number of likely N-dealkylation sites (tertiary alicyclic amines) is 2. The minimum atomic E-state index is -0.832. The molecule has 0 bridgehead atoms. The van der Waals surface area contributed by atoms with Crippen LogP contribution < -0.4 is 20.7 Å². The molecule has 1 spiro atoms. The minimum Gasteiger partial charge on any atom is -0.507 e. The van der Waals surface area contributed by atoms with Crippen LogP contribution in [0.2, 0.25) is 0 Å². The predicted molar refractivity (Wildman–Crippen MR) is 264 cm³/mol. The summed E-state index contributed by atoms with van der Waals surface area (Å²) in [4.78, 5) is 39.6. The van der Waals surface area contributed by atoms with Crippen LogP contribution in [0.4, 0.5) is 11.5 Å². The molecule has 0 unspecified atom stereocenters. The van der Waals surface area contributed by atoms with Crippen molar-refractivity contribution in [1.82, 2.24) is 35.5 Å². The number of aliphatic hydroxyl groups excluding tert-OH is 1. The summed E-state index contributed by atoms with van der Waals surface area (Å²) in [7, 11) is 0. The molecule has 3 saturated heterocycles. The molecule has 3 aliphatic rings. The summed E-state index contributed by atoms with van der Waals surface area (Å²) in [5.41, 5.74) is 13.6. The molecular formula is C51H67N9O8S. The number of nitrogens with two attached hydrogens (primary N) is 1. The molecule has 2 aromatic carbocycles. The number of β-amino-alcohol motifs (C(OH)–C–C–N with tert-alkyl or cyclic N) is 1. The predicted octanol–water partition coefficient (Wildman–Crippen LogP) is 6.61. The number of nitrogens with zero attached hydrogens (tertiary/aromatic N) is 7. The van der Waals surface area contributed by atoms with Gasteiger partial charge in [-0.25, -0.2) is 4.98 Å². The van der Waals surface area contributed by atoms with Crippen molar-refractivity contribution in [2.75, 3.05) is 82.9 Å². The van der Waals surface area contributed by atoms with Crippen LogP contribution in [-0.2, 0) is 19.1 Å². The number of benzene rings is 2. The Balaban J connectivity index is 0.693. The van der Waals surface area contributed by atoms with Gasteiger partial charge < -0.3 is 54.7 Å². The Morgan fingerprint density at radius 2 is 1.70 bits per heavy atom. The summed E-state index contributed by atoms with van der Waals surface area (Å²) in [5, 5.41) is 36.6. The van der Waals surface area contributed by atoms with Crippen molar-refractivity contribution in [3.63, 3.8) is 0 Å². The highest BCUT2D eigenvalue weighted by Crippen LogP contribution is 2.43. The number of carbonyl (C=O) groups excluding carboxylic acids is 2. The van der Waals surface area contributed by atoms with Gasteiger partial charge in [0.05, 0.1) is 59.4 Å². The molecule has 18 heteroatoms. The van der Waals surface area contributed by atoms with Crippen molar-refractivity contribution in [3.8, 4) is 33.3 Å². The van der Waals surface area contributed by atoms with Gasteiger partial charge in [0.1, 0.15) is 24.3 Å². The van der Waals surface area contributed by atoms with Gasteiger partial charge in [-0.15, -0.1) is 21.5 Å². The summed E-state index contributed by atoms with van der Waals surface area (Å²) in [6.07, 6.45) is 4.79. The number of thiazole rings is 1. The van der Waals surface area contributed by atoms with E-state index in [0.717, 1.165) is 85.8 Å². The summed E-state index contributed by atoms with van der Waals surface area (Å²) < 4.78 is 23.0. The number of unbranched alkanes of at least 4 members (excludes halogenated alkanes) is 1. The summed E-state index contributed by atoms with van der Waals surface area (Å²) in [6, 6.07) is 17.6. The van der Waals surface area contributed by atoms with Crippen LogP contribution in [0.3, 0.4) is 0 Å². The van der Waals surface area contributed by atoms with Crippen LogP contribution in [0, 0.1) is 18.3 Å². The summed E-state index contributed by atoms with van der Waals surface area (Å²) >= 11 is 1.59. The number of nitrogens with one attached hydrogen (secondary N) is 1. The largest absolute Gasteiger partial charge is 0.507 e. The Hall–Kier alpha value is -5.66. The Morgan fingerprint density at radius 3 is 2.43 bits per heavy atom. The highest BCUT2D eigenvalue weighted by Gasteiger charge is 2.44. The second kappa shape index (κ2) is 22.8. The zero-order valence-electron chi connectivity index (χ0n) is 40.2. The molecule has 3 aromatic heterocycles. The zero-order valence-corrected chi connectivity index (χ0v) is 41.0. The number of aryl methyl sites for hydroxylation is 1. The van der Waals surface area contributed by atoms with Gasteiger partial charge in [-0.1, -0.05) is 50.2 Å². The number of nitrogen functional groups attached to an aromatic ring is 1. The Kier molecular flexibility index (Phi) is 16.5. The van der Waals surface area contributed by atoms with E-state index in [4.69, 9.17) is 24.5 Å². The normalized spacial score (nSPS) is 19.1. The molecule has 370 valence electrons. The molecule has 3 aliphatic heterocycles. The van der Waals surface area contributed by atoms with Crippen LogP contribution in [0.15, 0.2) is 70.7 Å². The number of aromatic hydroxyl groups is 1. The maximum atomic E-state index is 14.1. The first-order valence-electron chi connectivity index (χ1n) is 24.3. The third-order valence-corrected chi connectivity index (χ3v) is 14.9. The van der Waals surface area contributed by atoms with E-state index in [-0.39, 0.29) is 55.0 Å². The van der Waals surface area contributed by atoms with Gasteiger partial charge in [-0.05, 0) is 105 Å². The van der Waals surface area contributed by atoms with Gasteiger partial charge in [0, 0.05) is 50.8 Å². The number of amides is 2. The molecule has 69 heavy (non-hydrogen) atoms. The number of piperidine rings is 1. The molecule has 6 heterocycles. The van der Waals surface area contributed by atoms with E-state index < -0.39 is 18.1 Å². The lowest BCUT2D eigenvalue weighted by Crippen LogP contribution is -2.48. The standard InChI is InChI=1S/C51H67N9O8S/c1-33(2)46(50(64)60-30-38(61)27-42(60)49(63)54-34(3)36-11-13-37(14-12-36)47-35(4)53-32-69-47)44-29-45(57-68-44)67-26-25-66-24-23-65-22-8-7-18-58-19-15-51(31-58)16-20-59(21-17-51)41-28-40(55-56-48(41)52)39-9-5-6-10-43(39)62/h5-6,9-14,28-29,32-34,38,42,46,61-62H,7-8,15-27,30-31H2,1-4H3,(H2,52,56)(H,54,63)/t34-,38+,42-,46-/m0/s1. The molecule has 0 radical (unpaired) electrons. The maximum Gasteiger partial charge on any atom is 0.254 e. The van der Waals surface area contributed by atoms with E-state index in [1.807, 2.05) is 75.7 Å². The van der Waals surface area contributed by atoms with Crippen LogP contribution in [-0.4, -0.2) is 137 Å². The van der Waals surface area contributed by atoms with E-state index in [2.05, 4.69) is 35.5 Å². The van der Waals surface area contributed by atoms with Gasteiger partial charge >= 0.3 is 0 Å². The second-order valence-corrected chi connectivity index (χ2v) is 20.0. The molecule has 0 aliphatic carbocycles. The lowest BCUT2D eigenvalue weighted by atomic mass is 9.77. The third-order valence-electron chi connectivity index (χ3n) is 13.9. The molecule has 5 N–H and O–H groups in total. The number of para-hydroxylation sites is 1. The number of carbonyl (C=O) groups is 2. The highest BCUT2D eigenvalue weighted by atomic mass is 32.1. The Labute approximate surface area is 408 Å². The highest BCUT2D eigenvalue weighted by molar-refractivity contribution is 7.13. The lowest BCUT2D eigenvalue weighted by molar-refractivity contribution is -0.141. The van der Waals surface area contributed by atoms with Crippen LogP contribution in [0.5, 0.6) is 11.6 Å². The number of aliphatic hydroxyl groups is 1. The monoisotopic (exact) mass is 965 g/mol. The first kappa shape index (κ1) is 49.8. The quantitative estimate of drug-likeness (QED) is 0.0569. The van der Waals surface area contributed by atoms with Crippen molar-refractivity contribution < 1.29 is 38.5 Å². The summed E-state index contributed by atoms with van der Waals surface area (Å²) in [5.74, 6) is -0.378. The molecule has 5 aromatic rings. The number of anilines is 2. The van der Waals surface area contributed by atoms with Crippen molar-refractivity contribution in [2.24, 2.45) is 11.3 Å². The van der Waals surface area contributed by atoms with E-state index in [1.165, 1.54) is 11.3 Å². The average molecular weight is 966 g/mol. The van der Waals surface area contributed by atoms with Gasteiger partial charge in [0.15, 0.2) is 11.6 Å². The van der Waals surface area contributed by atoms with Crippen molar-refractivity contribution >= 4 is 34.7 Å². The number of hydrogen-bond donors (Lipinski definition) is 4. The van der Waals surface area contributed by atoms with E-state index in [9.17, 15) is 19.8 Å². The van der Waals surface area contributed by atoms with Crippen molar-refractivity contribution in [2.45, 2.75) is 90.3 Å². The van der Waals surface area contributed by atoms with Gasteiger partial charge in [0.2, 0.25) is 11.8 Å². The molecule has 0 saturated carbocycles. The second-order valence-electron chi connectivity index (χ2n) is 19.1. The number of hydrogen-bond acceptors (Lipinski definition) is 16. The van der Waals surface area contributed by atoms with Crippen LogP contribution in [0.1, 0.15) is 88.3 Å². The van der Waals surface area contributed by atoms with E-state index >= 15 is 0 Å². The SMILES string of the molecule is Cc1ncsc1-c1ccc([C@H](C)NC(=O)[C@@H]2C[C@@H](O)CN2C(=O)[C@H](c2cc(OCCOCCOCCCCN3CCC4(CCN(c5cc(-c6ccccc6O)nnc5N)CC4)C3)no2)C(C)C)cc1. The van der Waals surface area contributed by atoms with Crippen LogP contribution >= 0.6 is 11.3 Å². The number of phenolic OH excluding ortho intramolecular Hbond substituents is 1. The molecular weight excluding hydrogens is 899 g/mol. The van der Waals surface area contributed by atoms with Crippen molar-refractivity contribution in [1.29, 1.82) is 0 Å². The fourth-order valence-corrected chi connectivity index (χ4v) is 10.8. The number of aromatic nitrogens is 4. The number of ether oxygens (including phenoxy) is 3. The molecule has 2 amide bonds. The minimum absolute atomic E-state index is 0.0472. The Bertz CT molecular complexity index is 2470. The topological polar surface area (TPSA) is 215 Å². The fraction of sp³-hybridized carbons (Fsp3) is 0.529. The van der Waals surface area contributed by atoms with Crippen molar-refractivity contribution in [3.05, 3.63) is 83.2 Å². The molecule has 17 nitrogen and oxygen atoms in total. The number of phenols is 1. The first-order valence-corrected chi connectivity index (χ1v) is 25.2. The smallest absolute Gasteiger partial charge is 0.254 e. The first-order chi connectivity index (χ1) is 33.4. The Morgan fingerprint density at radius 1 is 0.957 bits per heavy atom. The molecule has 8 rings (SSSR count). The summed E-state index contributed by atoms with van der Waals surface area (Å²) in [6.45, 7) is 15.1.